The molecule has 2 unspecified atom stereocenters. The molecule has 12 nitrogen and oxygen atoms in total. The molecular weight excluding hydrogens is 430 g/mol. The summed E-state index contributed by atoms with van der Waals surface area (Å²) in [5, 5.41) is 22.9. The Kier molecular flexibility index (Phi) is 5.38. The van der Waals surface area contributed by atoms with Crippen LogP contribution in [0.5, 0.6) is 0 Å². The first-order valence-corrected chi connectivity index (χ1v) is 10.5. The van der Waals surface area contributed by atoms with Crippen LogP contribution in [-0.2, 0) is 0 Å². The Bertz CT molecular complexity index is 1140. The fourth-order valence-corrected chi connectivity index (χ4v) is 5.50. The lowest BCUT2D eigenvalue weighted by Crippen LogP contribution is -2.35. The van der Waals surface area contributed by atoms with Crippen LogP contribution in [0.25, 0.3) is 0 Å². The number of non-ortho nitro benzene ring substituents is 1. The number of fused-ring (bicyclic) bond motifs is 2. The predicted octanol–water partition coefficient (Wildman–Crippen LogP) is 3.45. The lowest BCUT2D eigenvalue weighted by molar-refractivity contribution is -0.384. The summed E-state index contributed by atoms with van der Waals surface area (Å²) in [5.74, 6) is -0.636. The van der Waals surface area contributed by atoms with Crippen molar-refractivity contribution in [3.63, 3.8) is 0 Å². The maximum absolute atomic E-state index is 12.5. The van der Waals surface area contributed by atoms with Gasteiger partial charge in [0.05, 0.1) is 9.85 Å². The molecule has 1 aliphatic heterocycles. The Morgan fingerprint density at radius 1 is 1.15 bits per heavy atom. The molecule has 2 N–H and O–H groups in total. The summed E-state index contributed by atoms with van der Waals surface area (Å²) in [6.07, 6.45) is 4.08. The molecule has 1 aromatic carbocycles. The number of nitrogens with one attached hydrogen (secondary N) is 2. The van der Waals surface area contributed by atoms with E-state index in [2.05, 4.69) is 41.6 Å². The largest absolute Gasteiger partial charge is 0.355 e. The van der Waals surface area contributed by atoms with Gasteiger partial charge in [0.15, 0.2) is 0 Å². The van der Waals surface area contributed by atoms with Crippen molar-refractivity contribution in [3.05, 3.63) is 56.4 Å². The summed E-state index contributed by atoms with van der Waals surface area (Å²) in [7, 11) is 0. The molecule has 1 aliphatic carbocycles. The molecule has 0 spiro atoms. The number of anilines is 2. The van der Waals surface area contributed by atoms with Gasteiger partial charge in [0.1, 0.15) is 6.33 Å². The molecule has 1 aromatic heterocycles. The SMILES string of the molecule is CC1(C)CC2CC(C)(CN2c2ncnc(NNC(=O)c3cccc([N+](=O)[O-])c3)c2[N+](=O)[O-])C1. The fourth-order valence-electron chi connectivity index (χ4n) is 5.50. The number of hydrogen-bond acceptors (Lipinski definition) is 9. The molecule has 174 valence electrons. The van der Waals surface area contributed by atoms with E-state index in [1.54, 1.807) is 0 Å². The van der Waals surface area contributed by atoms with Crippen LogP contribution in [0.4, 0.5) is 23.0 Å². The first-order valence-electron chi connectivity index (χ1n) is 10.5. The minimum atomic E-state index is -0.695. The highest BCUT2D eigenvalue weighted by atomic mass is 16.6. The predicted molar refractivity (Wildman–Crippen MR) is 120 cm³/mol. The first kappa shape index (κ1) is 22.4. The van der Waals surface area contributed by atoms with Crippen LogP contribution < -0.4 is 15.8 Å². The number of hydrazine groups is 1. The van der Waals surface area contributed by atoms with Gasteiger partial charge in [-0.2, -0.15) is 0 Å². The number of carbonyl (C=O) groups is 1. The maximum atomic E-state index is 12.5. The summed E-state index contributed by atoms with van der Waals surface area (Å²) in [4.78, 5) is 44.4. The Hall–Kier alpha value is -3.83. The molecule has 2 bridgehead atoms. The third-order valence-electron chi connectivity index (χ3n) is 6.29. The van der Waals surface area contributed by atoms with Gasteiger partial charge in [-0.3, -0.25) is 35.9 Å². The Labute approximate surface area is 189 Å². The molecule has 2 fully saturated rings. The van der Waals surface area contributed by atoms with Crippen LogP contribution >= 0.6 is 0 Å². The molecule has 4 rings (SSSR count). The Balaban J connectivity index is 1.59. The first-order chi connectivity index (χ1) is 15.5. The van der Waals surface area contributed by atoms with E-state index in [1.807, 2.05) is 4.90 Å². The highest BCUT2D eigenvalue weighted by Gasteiger charge is 2.51. The van der Waals surface area contributed by atoms with Gasteiger partial charge in [0.25, 0.3) is 11.6 Å². The molecule has 1 saturated heterocycles. The average Bonchev–Trinajstić information content (AvgIpc) is 3.00. The molecule has 0 radical (unpaired) electrons. The fraction of sp³-hybridized carbons (Fsp3) is 0.476. The summed E-state index contributed by atoms with van der Waals surface area (Å²) in [5.41, 5.74) is 4.46. The van der Waals surface area contributed by atoms with E-state index in [9.17, 15) is 25.0 Å². The van der Waals surface area contributed by atoms with E-state index in [0.29, 0.717) is 6.54 Å². The highest BCUT2D eigenvalue weighted by Crippen LogP contribution is 2.54. The summed E-state index contributed by atoms with van der Waals surface area (Å²) in [6.45, 7) is 7.28. The number of nitro benzene ring substituents is 1. The van der Waals surface area contributed by atoms with Crippen molar-refractivity contribution in [2.24, 2.45) is 10.8 Å². The van der Waals surface area contributed by atoms with Crippen molar-refractivity contribution in [1.29, 1.82) is 0 Å². The van der Waals surface area contributed by atoms with Gasteiger partial charge in [-0.05, 0) is 36.2 Å². The number of benzene rings is 1. The Morgan fingerprint density at radius 2 is 1.91 bits per heavy atom. The van der Waals surface area contributed by atoms with E-state index in [-0.39, 0.29) is 45.4 Å². The van der Waals surface area contributed by atoms with Gasteiger partial charge in [0, 0.05) is 30.3 Å². The second-order valence-electron chi connectivity index (χ2n) is 9.88. The zero-order valence-electron chi connectivity index (χ0n) is 18.6. The molecule has 12 heteroatoms. The average molecular weight is 455 g/mol. The molecule has 1 amide bonds. The molecule has 33 heavy (non-hydrogen) atoms. The zero-order valence-corrected chi connectivity index (χ0v) is 18.6. The van der Waals surface area contributed by atoms with Crippen molar-refractivity contribution < 1.29 is 14.6 Å². The number of nitro groups is 2. The van der Waals surface area contributed by atoms with Gasteiger partial charge in [-0.25, -0.2) is 9.97 Å². The van der Waals surface area contributed by atoms with Crippen molar-refractivity contribution in [2.75, 3.05) is 16.9 Å². The van der Waals surface area contributed by atoms with E-state index in [0.717, 1.165) is 25.3 Å². The van der Waals surface area contributed by atoms with Gasteiger partial charge >= 0.3 is 5.69 Å². The van der Waals surface area contributed by atoms with Crippen molar-refractivity contribution in [2.45, 2.75) is 46.1 Å². The molecule has 2 aliphatic rings. The minimum Gasteiger partial charge on any atom is -0.347 e. The summed E-state index contributed by atoms with van der Waals surface area (Å²) >= 11 is 0. The van der Waals surface area contributed by atoms with E-state index in [1.165, 1.54) is 24.5 Å². The maximum Gasteiger partial charge on any atom is 0.355 e. The second-order valence-corrected chi connectivity index (χ2v) is 9.88. The molecule has 2 atom stereocenters. The number of hydrogen-bond donors (Lipinski definition) is 2. The van der Waals surface area contributed by atoms with Crippen LogP contribution in [-0.4, -0.2) is 38.3 Å². The second kappa shape index (κ2) is 7.94. The molecule has 1 saturated carbocycles. The molecular formula is C21H25N7O5. The lowest BCUT2D eigenvalue weighted by Gasteiger charge is -2.39. The number of nitrogens with zero attached hydrogens (tertiary/aromatic N) is 5. The summed E-state index contributed by atoms with van der Waals surface area (Å²) in [6, 6.07) is 5.28. The summed E-state index contributed by atoms with van der Waals surface area (Å²) < 4.78 is 0. The quantitative estimate of drug-likeness (QED) is 0.492. The van der Waals surface area contributed by atoms with Crippen molar-refractivity contribution >= 4 is 28.9 Å². The van der Waals surface area contributed by atoms with E-state index >= 15 is 0 Å². The monoisotopic (exact) mass is 455 g/mol. The van der Waals surface area contributed by atoms with Gasteiger partial charge in [0.2, 0.25) is 11.6 Å². The minimum absolute atomic E-state index is 0.0251. The topological polar surface area (TPSA) is 156 Å². The van der Waals surface area contributed by atoms with Gasteiger partial charge in [-0.1, -0.05) is 26.8 Å². The van der Waals surface area contributed by atoms with E-state index < -0.39 is 15.8 Å². The van der Waals surface area contributed by atoms with E-state index in [4.69, 9.17) is 0 Å². The van der Waals surface area contributed by atoms with Gasteiger partial charge in [-0.15, -0.1) is 0 Å². The molecule has 2 heterocycles. The molecule has 2 aromatic rings. The van der Waals surface area contributed by atoms with Crippen LogP contribution in [0, 0.1) is 31.1 Å². The third kappa shape index (κ3) is 4.41. The highest BCUT2D eigenvalue weighted by molar-refractivity contribution is 5.95. The normalized spacial score (nSPS) is 23.1. The lowest BCUT2D eigenvalue weighted by atomic mass is 9.65. The number of aromatic nitrogens is 2. The van der Waals surface area contributed by atoms with Crippen LogP contribution in [0.1, 0.15) is 50.4 Å². The number of rotatable bonds is 6. The third-order valence-corrected chi connectivity index (χ3v) is 6.29. The van der Waals surface area contributed by atoms with Crippen LogP contribution in [0.3, 0.4) is 0 Å². The zero-order chi connectivity index (χ0) is 24.0. The van der Waals surface area contributed by atoms with Crippen molar-refractivity contribution in [3.8, 4) is 0 Å². The number of carbonyl (C=O) groups excluding carboxylic acids is 1. The van der Waals surface area contributed by atoms with Crippen molar-refractivity contribution in [1.82, 2.24) is 15.4 Å². The standard InChI is InChI=1S/C21H25N7O5/c1-20(2)8-15-9-21(3,10-20)11-26(15)18-16(28(32)33)17(22-12-23-18)24-25-19(29)13-5-4-6-14(7-13)27(30)31/h4-7,12,15H,8-11H2,1-3H3,(H,25,29)(H,22,23,24). The van der Waals surface area contributed by atoms with Crippen LogP contribution in [0.15, 0.2) is 30.6 Å². The van der Waals surface area contributed by atoms with Crippen LogP contribution in [0.2, 0.25) is 0 Å². The van der Waals surface area contributed by atoms with Gasteiger partial charge < -0.3 is 4.90 Å². The number of amides is 1. The smallest absolute Gasteiger partial charge is 0.347 e. The Morgan fingerprint density at radius 3 is 2.61 bits per heavy atom.